The number of carbonyl (C=O) groups is 1. The highest BCUT2D eigenvalue weighted by atomic mass is 32.2. The van der Waals surface area contributed by atoms with Gasteiger partial charge < -0.3 is 52.1 Å². The summed E-state index contributed by atoms with van der Waals surface area (Å²) in [5.74, 6) is -0.272. The number of carbonyl (C=O) groups excluding carboxylic acids is 1. The van der Waals surface area contributed by atoms with Crippen LogP contribution in [0.25, 0.3) is 0 Å². The van der Waals surface area contributed by atoms with Crippen LogP contribution in [0.4, 0.5) is 0 Å². The van der Waals surface area contributed by atoms with Crippen LogP contribution in [0.2, 0.25) is 0 Å². The zero-order valence-electron chi connectivity index (χ0n) is 29.5. The van der Waals surface area contributed by atoms with E-state index in [1.165, 1.54) is 12.1 Å². The Morgan fingerprint density at radius 3 is 1.06 bits per heavy atom. The molecule has 0 heterocycles. The molecule has 0 spiro atoms. The first kappa shape index (κ1) is 45.2. The third-order valence-corrected chi connectivity index (χ3v) is 7.04. The van der Waals surface area contributed by atoms with Crippen molar-refractivity contribution in [1.82, 2.24) is 0 Å². The monoisotopic (exact) mass is 726 g/mol. The summed E-state index contributed by atoms with van der Waals surface area (Å²) in [5.41, 5.74) is -0.481. The van der Waals surface area contributed by atoms with Crippen molar-refractivity contribution < 1.29 is 69.5 Å². The number of rotatable bonds is 35. The second-order valence-corrected chi connectivity index (χ2v) is 12.7. The van der Waals surface area contributed by atoms with Gasteiger partial charge in [-0.25, -0.2) is 0 Å². The van der Waals surface area contributed by atoms with Crippen molar-refractivity contribution in [2.75, 3.05) is 139 Å². The maximum Gasteiger partial charge on any atom is 0.308 e. The molecule has 0 radical (unpaired) electrons. The summed E-state index contributed by atoms with van der Waals surface area (Å²) in [7, 11) is -3.76. The fraction of sp³-hybridized carbons (Fsp3) is 0.788. The molecule has 16 heteroatoms. The van der Waals surface area contributed by atoms with E-state index in [0.29, 0.717) is 126 Å². The summed E-state index contributed by atoms with van der Waals surface area (Å²) >= 11 is 0. The number of ether oxygens (including phenoxy) is 11. The third kappa shape index (κ3) is 30.7. The molecule has 0 atom stereocenters. The van der Waals surface area contributed by atoms with Crippen LogP contribution < -0.4 is 0 Å². The van der Waals surface area contributed by atoms with Crippen LogP contribution in [0, 0.1) is 0 Å². The lowest BCUT2D eigenvalue weighted by Gasteiger charge is -2.19. The normalized spacial score (nSPS) is 12.1. The van der Waals surface area contributed by atoms with Gasteiger partial charge in [-0.3, -0.25) is 8.98 Å². The molecule has 0 aliphatic rings. The predicted molar refractivity (Wildman–Crippen MR) is 178 cm³/mol. The number of hydrogen-bond donors (Lipinski definition) is 0. The largest absolute Gasteiger partial charge is 0.460 e. The molecule has 0 fully saturated rings. The van der Waals surface area contributed by atoms with Gasteiger partial charge in [0, 0.05) is 0 Å². The van der Waals surface area contributed by atoms with E-state index in [2.05, 4.69) is 0 Å². The highest BCUT2D eigenvalue weighted by Crippen LogP contribution is 2.11. The average molecular weight is 727 g/mol. The van der Waals surface area contributed by atoms with Crippen LogP contribution >= 0.6 is 0 Å². The Labute approximate surface area is 292 Å². The summed E-state index contributed by atoms with van der Waals surface area (Å²) in [6, 6.07) is 7.96. The van der Waals surface area contributed by atoms with Gasteiger partial charge in [0.25, 0.3) is 10.1 Å². The van der Waals surface area contributed by atoms with E-state index in [9.17, 15) is 13.2 Å². The molecule has 286 valence electrons. The van der Waals surface area contributed by atoms with Crippen molar-refractivity contribution in [3.05, 3.63) is 30.3 Å². The summed E-state index contributed by atoms with van der Waals surface area (Å²) in [4.78, 5) is 11.7. The first-order valence-corrected chi connectivity index (χ1v) is 18.1. The molecule has 1 rings (SSSR count). The van der Waals surface area contributed by atoms with Crippen LogP contribution in [0.5, 0.6) is 0 Å². The smallest absolute Gasteiger partial charge is 0.308 e. The van der Waals surface area contributed by atoms with Crippen LogP contribution in [0.1, 0.15) is 27.2 Å². The Balaban J connectivity index is 1.68. The lowest BCUT2D eigenvalue weighted by molar-refractivity contribution is -0.156. The molecule has 0 bridgehead atoms. The van der Waals surface area contributed by atoms with Crippen molar-refractivity contribution in [3.63, 3.8) is 0 Å². The molecule has 0 amide bonds. The van der Waals surface area contributed by atoms with Crippen LogP contribution in [-0.2, 0) is 71.2 Å². The van der Waals surface area contributed by atoms with Crippen molar-refractivity contribution in [1.29, 1.82) is 0 Å². The molecule has 0 saturated heterocycles. The molecular formula is C33H58O15S. The lowest BCUT2D eigenvalue weighted by Crippen LogP contribution is -2.24. The Kier molecular flexibility index (Phi) is 28.6. The highest BCUT2D eigenvalue weighted by Gasteiger charge is 2.16. The van der Waals surface area contributed by atoms with Gasteiger partial charge in [0.15, 0.2) is 0 Å². The Morgan fingerprint density at radius 2 is 0.755 bits per heavy atom. The molecule has 0 N–H and O–H groups in total. The van der Waals surface area contributed by atoms with Crippen LogP contribution in [0.3, 0.4) is 0 Å². The first-order chi connectivity index (χ1) is 23.7. The van der Waals surface area contributed by atoms with E-state index in [1.54, 1.807) is 18.2 Å². The maximum absolute atomic E-state index is 12.0. The minimum Gasteiger partial charge on any atom is -0.460 e. The van der Waals surface area contributed by atoms with Gasteiger partial charge >= 0.3 is 5.97 Å². The SMILES string of the molecule is CC(C)(C)OC(=O)CCOCCOCCOCCOCCOCCOCCOCCOCCOCCOCCOS(=O)(=O)c1ccccc1. The summed E-state index contributed by atoms with van der Waals surface area (Å²) in [6.07, 6.45) is 0.224. The zero-order chi connectivity index (χ0) is 35.7. The van der Waals surface area contributed by atoms with Crippen molar-refractivity contribution in [2.45, 2.75) is 37.7 Å². The molecule has 0 aliphatic heterocycles. The zero-order valence-corrected chi connectivity index (χ0v) is 30.3. The number of esters is 1. The molecule has 1 aromatic rings. The van der Waals surface area contributed by atoms with E-state index >= 15 is 0 Å². The van der Waals surface area contributed by atoms with E-state index in [-0.39, 0.29) is 30.5 Å². The molecule has 49 heavy (non-hydrogen) atoms. The van der Waals surface area contributed by atoms with E-state index in [4.69, 9.17) is 56.3 Å². The average Bonchev–Trinajstić information content (AvgIpc) is 3.06. The Hall–Kier alpha value is -1.80. The predicted octanol–water partition coefficient (Wildman–Crippen LogP) is 2.29. The lowest BCUT2D eigenvalue weighted by atomic mass is 10.2. The maximum atomic E-state index is 12.0. The first-order valence-electron chi connectivity index (χ1n) is 16.6. The molecule has 0 saturated carbocycles. The third-order valence-electron chi connectivity index (χ3n) is 5.72. The van der Waals surface area contributed by atoms with E-state index in [1.807, 2.05) is 20.8 Å². The van der Waals surface area contributed by atoms with Gasteiger partial charge in [-0.15, -0.1) is 0 Å². The van der Waals surface area contributed by atoms with Gasteiger partial charge in [-0.2, -0.15) is 8.42 Å². The standard InChI is InChI=1S/C33H58O15S/c1-33(2,3)48-32(34)9-10-37-11-12-38-13-14-39-15-16-40-17-18-41-19-20-42-21-22-43-23-24-44-25-26-45-27-28-46-29-30-47-49(35,36)31-7-5-4-6-8-31/h4-8H,9-30H2,1-3H3. The van der Waals surface area contributed by atoms with Crippen molar-refractivity contribution in [3.8, 4) is 0 Å². The van der Waals surface area contributed by atoms with Crippen LogP contribution in [0.15, 0.2) is 35.2 Å². The fourth-order valence-corrected chi connectivity index (χ4v) is 4.40. The Bertz CT molecular complexity index is 990. The van der Waals surface area contributed by atoms with Gasteiger partial charge in [0.05, 0.1) is 150 Å². The number of benzene rings is 1. The van der Waals surface area contributed by atoms with Gasteiger partial charge in [0.1, 0.15) is 5.60 Å². The quantitative estimate of drug-likeness (QED) is 0.0569. The molecule has 15 nitrogen and oxygen atoms in total. The summed E-state index contributed by atoms with van der Waals surface area (Å²) in [6.45, 7) is 13.9. The minimum absolute atomic E-state index is 0.0631. The fourth-order valence-electron chi connectivity index (χ4n) is 3.49. The molecule has 0 aromatic heterocycles. The topological polar surface area (TPSA) is 162 Å². The second kappa shape index (κ2) is 31.0. The van der Waals surface area contributed by atoms with E-state index < -0.39 is 15.7 Å². The molecule has 0 unspecified atom stereocenters. The van der Waals surface area contributed by atoms with Crippen LogP contribution in [-0.4, -0.2) is 159 Å². The van der Waals surface area contributed by atoms with Crippen molar-refractivity contribution >= 4 is 16.1 Å². The molecule has 1 aromatic carbocycles. The Morgan fingerprint density at radius 1 is 0.469 bits per heavy atom. The minimum atomic E-state index is -3.76. The molecule has 0 aliphatic carbocycles. The van der Waals surface area contributed by atoms with E-state index in [0.717, 1.165) is 0 Å². The number of hydrogen-bond acceptors (Lipinski definition) is 15. The highest BCUT2D eigenvalue weighted by molar-refractivity contribution is 7.86. The van der Waals surface area contributed by atoms with Crippen molar-refractivity contribution in [2.24, 2.45) is 0 Å². The summed E-state index contributed by atoms with van der Waals surface area (Å²) in [5, 5.41) is 0. The summed E-state index contributed by atoms with van der Waals surface area (Å²) < 4.78 is 88.3. The second-order valence-electron chi connectivity index (χ2n) is 11.0. The van der Waals surface area contributed by atoms with Gasteiger partial charge in [0.2, 0.25) is 0 Å². The van der Waals surface area contributed by atoms with Gasteiger partial charge in [-0.1, -0.05) is 18.2 Å². The molecular weight excluding hydrogens is 668 g/mol. The van der Waals surface area contributed by atoms with Gasteiger partial charge in [-0.05, 0) is 32.9 Å².